The Morgan fingerprint density at radius 3 is 2.48 bits per heavy atom. The van der Waals surface area contributed by atoms with Crippen LogP contribution in [0.25, 0.3) is 5.57 Å². The molecule has 5 heteroatoms. The summed E-state index contributed by atoms with van der Waals surface area (Å²) in [5, 5.41) is 1.93. The first-order valence-electron chi connectivity index (χ1n) is 7.53. The summed E-state index contributed by atoms with van der Waals surface area (Å²) in [5.74, 6) is 0.459. The fourth-order valence-corrected chi connectivity index (χ4v) is 4.26. The van der Waals surface area contributed by atoms with E-state index in [1.165, 1.54) is 28.0 Å². The molecule has 2 aromatic rings. The first-order chi connectivity index (χ1) is 11.2. The van der Waals surface area contributed by atoms with Gasteiger partial charge in [-0.2, -0.15) is 0 Å². The quantitative estimate of drug-likeness (QED) is 0.748. The van der Waals surface area contributed by atoms with Crippen LogP contribution in [0.15, 0.2) is 52.7 Å². The summed E-state index contributed by atoms with van der Waals surface area (Å²) in [6.07, 6.45) is 0.681. The minimum absolute atomic E-state index is 0.152. The maximum absolute atomic E-state index is 12.8. The molecule has 1 aromatic carbocycles. The van der Waals surface area contributed by atoms with Gasteiger partial charge in [0.1, 0.15) is 0 Å². The van der Waals surface area contributed by atoms with E-state index in [2.05, 4.69) is 0 Å². The molecule has 3 nitrogen and oxygen atoms in total. The lowest BCUT2D eigenvalue weighted by molar-refractivity contribution is -0.136. The van der Waals surface area contributed by atoms with E-state index in [0.717, 1.165) is 16.2 Å². The van der Waals surface area contributed by atoms with Crippen molar-refractivity contribution in [2.24, 2.45) is 0 Å². The van der Waals surface area contributed by atoms with Gasteiger partial charge in [-0.3, -0.25) is 14.5 Å². The first kappa shape index (κ1) is 16.0. The minimum Gasteiger partial charge on any atom is -0.273 e. The highest BCUT2D eigenvalue weighted by Crippen LogP contribution is 2.37. The number of carbonyl (C=O) groups excluding carboxylic acids is 2. The smallest absolute Gasteiger partial charge is 0.268 e. The average molecular weight is 343 g/mol. The van der Waals surface area contributed by atoms with Crippen LogP contribution in [0.1, 0.15) is 17.4 Å². The third-order valence-corrected chi connectivity index (χ3v) is 5.49. The molecule has 0 bridgehead atoms. The van der Waals surface area contributed by atoms with Crippen LogP contribution in [0.2, 0.25) is 0 Å². The SMILES string of the molecule is CCSC1=C(c2cccs2)C(=O)N(CCc2ccccc2)C1=O. The lowest BCUT2D eigenvalue weighted by Gasteiger charge is -2.14. The Balaban J connectivity index is 1.82. The highest BCUT2D eigenvalue weighted by Gasteiger charge is 2.38. The van der Waals surface area contributed by atoms with Gasteiger partial charge in [-0.1, -0.05) is 43.3 Å². The number of thioether (sulfide) groups is 1. The summed E-state index contributed by atoms with van der Waals surface area (Å²) in [5.41, 5.74) is 1.70. The number of amides is 2. The van der Waals surface area contributed by atoms with Crippen molar-refractivity contribution in [1.82, 2.24) is 4.90 Å². The molecular formula is C18H17NO2S2. The predicted octanol–water partition coefficient (Wildman–Crippen LogP) is 3.82. The topological polar surface area (TPSA) is 37.4 Å². The molecule has 0 saturated carbocycles. The molecule has 0 saturated heterocycles. The van der Waals surface area contributed by atoms with Crippen LogP contribution in [0, 0.1) is 0 Å². The monoisotopic (exact) mass is 343 g/mol. The molecule has 0 N–H and O–H groups in total. The second-order valence-corrected chi connectivity index (χ2v) is 7.33. The van der Waals surface area contributed by atoms with Crippen LogP contribution in [-0.4, -0.2) is 29.0 Å². The van der Waals surface area contributed by atoms with E-state index in [1.807, 2.05) is 54.8 Å². The first-order valence-corrected chi connectivity index (χ1v) is 9.40. The normalized spacial score (nSPS) is 14.9. The Bertz CT molecular complexity index is 736. The molecule has 1 aliphatic heterocycles. The number of hydrogen-bond donors (Lipinski definition) is 0. The second-order valence-electron chi connectivity index (χ2n) is 5.11. The highest BCUT2D eigenvalue weighted by molar-refractivity contribution is 8.04. The van der Waals surface area contributed by atoms with Gasteiger partial charge >= 0.3 is 0 Å². The molecule has 118 valence electrons. The fraction of sp³-hybridized carbons (Fsp3) is 0.222. The molecule has 1 aliphatic rings. The van der Waals surface area contributed by atoms with Crippen LogP contribution in [0.5, 0.6) is 0 Å². The molecule has 0 spiro atoms. The average Bonchev–Trinajstić information content (AvgIpc) is 3.16. The fourth-order valence-electron chi connectivity index (χ4n) is 2.56. The molecule has 3 rings (SSSR count). The molecular weight excluding hydrogens is 326 g/mol. The van der Waals surface area contributed by atoms with Crippen molar-refractivity contribution >= 4 is 40.5 Å². The number of imide groups is 1. The molecule has 0 unspecified atom stereocenters. The van der Waals surface area contributed by atoms with Gasteiger partial charge in [0.15, 0.2) is 0 Å². The Morgan fingerprint density at radius 1 is 1.04 bits per heavy atom. The van der Waals surface area contributed by atoms with Crippen LogP contribution >= 0.6 is 23.1 Å². The van der Waals surface area contributed by atoms with Gasteiger partial charge in [-0.25, -0.2) is 0 Å². The predicted molar refractivity (Wildman–Crippen MR) is 96.2 cm³/mol. The van der Waals surface area contributed by atoms with E-state index in [-0.39, 0.29) is 11.8 Å². The van der Waals surface area contributed by atoms with E-state index in [1.54, 1.807) is 0 Å². The number of benzene rings is 1. The van der Waals surface area contributed by atoms with Gasteiger partial charge in [0.05, 0.1) is 10.5 Å². The van der Waals surface area contributed by atoms with Gasteiger partial charge in [0, 0.05) is 11.4 Å². The summed E-state index contributed by atoms with van der Waals surface area (Å²) in [7, 11) is 0. The summed E-state index contributed by atoms with van der Waals surface area (Å²) < 4.78 is 0. The van der Waals surface area contributed by atoms with E-state index in [4.69, 9.17) is 0 Å². The van der Waals surface area contributed by atoms with Crippen molar-refractivity contribution < 1.29 is 9.59 Å². The number of rotatable bonds is 6. The summed E-state index contributed by atoms with van der Waals surface area (Å²) in [6.45, 7) is 2.42. The molecule has 23 heavy (non-hydrogen) atoms. The van der Waals surface area contributed by atoms with Gasteiger partial charge in [0.2, 0.25) is 0 Å². The standard InChI is InChI=1S/C18H17NO2S2/c1-2-22-16-15(14-9-6-12-23-14)17(20)19(18(16)21)11-10-13-7-4-3-5-8-13/h3-9,12H,2,10-11H2,1H3. The maximum Gasteiger partial charge on any atom is 0.268 e. The minimum atomic E-state index is -0.163. The van der Waals surface area contributed by atoms with Crippen LogP contribution in [0.4, 0.5) is 0 Å². The molecule has 0 aliphatic carbocycles. The summed E-state index contributed by atoms with van der Waals surface area (Å²) >= 11 is 2.96. The molecule has 0 fully saturated rings. The summed E-state index contributed by atoms with van der Waals surface area (Å²) in [6, 6.07) is 13.7. The van der Waals surface area contributed by atoms with Gasteiger partial charge < -0.3 is 0 Å². The van der Waals surface area contributed by atoms with Crippen molar-refractivity contribution in [3.63, 3.8) is 0 Å². The van der Waals surface area contributed by atoms with Crippen molar-refractivity contribution in [2.75, 3.05) is 12.3 Å². The molecule has 0 radical (unpaired) electrons. The van der Waals surface area contributed by atoms with Crippen molar-refractivity contribution in [2.45, 2.75) is 13.3 Å². The molecule has 1 aromatic heterocycles. The second kappa shape index (κ2) is 7.15. The molecule has 0 atom stereocenters. The zero-order chi connectivity index (χ0) is 16.2. The third-order valence-electron chi connectivity index (χ3n) is 3.65. The lowest BCUT2D eigenvalue weighted by atomic mass is 10.1. The van der Waals surface area contributed by atoms with Crippen LogP contribution in [0.3, 0.4) is 0 Å². The largest absolute Gasteiger partial charge is 0.273 e. The van der Waals surface area contributed by atoms with Crippen LogP contribution in [-0.2, 0) is 16.0 Å². The van der Waals surface area contributed by atoms with Gasteiger partial charge in [-0.15, -0.1) is 23.1 Å². The summed E-state index contributed by atoms with van der Waals surface area (Å²) in [4.78, 5) is 28.3. The molecule has 2 heterocycles. The van der Waals surface area contributed by atoms with Gasteiger partial charge in [0.25, 0.3) is 11.8 Å². The number of carbonyl (C=O) groups is 2. The number of hydrogen-bond acceptors (Lipinski definition) is 4. The Labute approximate surface area is 144 Å². The Morgan fingerprint density at radius 2 is 1.83 bits per heavy atom. The maximum atomic E-state index is 12.8. The zero-order valence-electron chi connectivity index (χ0n) is 12.8. The Hall–Kier alpha value is -1.85. The van der Waals surface area contributed by atoms with E-state index >= 15 is 0 Å². The molecule has 2 amide bonds. The Kier molecular flexibility index (Phi) is 4.98. The van der Waals surface area contributed by atoms with E-state index in [0.29, 0.717) is 23.4 Å². The number of thiophene rings is 1. The lowest BCUT2D eigenvalue weighted by Crippen LogP contribution is -2.33. The van der Waals surface area contributed by atoms with Crippen LogP contribution < -0.4 is 0 Å². The number of nitrogens with zero attached hydrogens (tertiary/aromatic N) is 1. The zero-order valence-corrected chi connectivity index (χ0v) is 14.5. The van der Waals surface area contributed by atoms with E-state index < -0.39 is 0 Å². The highest BCUT2D eigenvalue weighted by atomic mass is 32.2. The van der Waals surface area contributed by atoms with Crippen molar-refractivity contribution in [3.8, 4) is 0 Å². The van der Waals surface area contributed by atoms with E-state index in [9.17, 15) is 9.59 Å². The van der Waals surface area contributed by atoms with Crippen molar-refractivity contribution in [1.29, 1.82) is 0 Å². The van der Waals surface area contributed by atoms with Gasteiger partial charge in [-0.05, 0) is 29.2 Å². The third kappa shape index (κ3) is 3.26. The van der Waals surface area contributed by atoms with Crippen molar-refractivity contribution in [3.05, 3.63) is 63.2 Å².